The van der Waals surface area contributed by atoms with Gasteiger partial charge in [0.15, 0.2) is 0 Å². The van der Waals surface area contributed by atoms with Crippen molar-refractivity contribution in [3.8, 4) is 55.9 Å². The minimum absolute atomic E-state index is 0.170. The van der Waals surface area contributed by atoms with Gasteiger partial charge in [0, 0.05) is 38.3 Å². The van der Waals surface area contributed by atoms with Gasteiger partial charge >= 0.3 is 0 Å². The van der Waals surface area contributed by atoms with Crippen LogP contribution in [0.1, 0.15) is 25.0 Å². The Balaban J connectivity index is 1.09. The van der Waals surface area contributed by atoms with E-state index in [-0.39, 0.29) is 5.41 Å². The molecule has 9 aromatic carbocycles. The molecule has 2 heterocycles. The molecular formula is C57H40N2. The van der Waals surface area contributed by atoms with Gasteiger partial charge in [0.2, 0.25) is 0 Å². The Kier molecular flexibility index (Phi) is 7.31. The quantitative estimate of drug-likeness (QED) is 0.166. The molecule has 11 aromatic rings. The predicted octanol–water partition coefficient (Wildman–Crippen LogP) is 15.2. The fourth-order valence-corrected chi connectivity index (χ4v) is 9.98. The Morgan fingerprint density at radius 2 is 0.763 bits per heavy atom. The Morgan fingerprint density at radius 3 is 1.46 bits per heavy atom. The summed E-state index contributed by atoms with van der Waals surface area (Å²) in [7, 11) is 0. The highest BCUT2D eigenvalue weighted by atomic mass is 15.0. The molecule has 2 nitrogen and oxygen atoms in total. The average molecular weight is 753 g/mol. The lowest BCUT2D eigenvalue weighted by Gasteiger charge is -2.22. The number of hydrogen-bond acceptors (Lipinski definition) is 0. The summed E-state index contributed by atoms with van der Waals surface area (Å²) in [4.78, 5) is 0. The molecule has 278 valence electrons. The summed E-state index contributed by atoms with van der Waals surface area (Å²) < 4.78 is 4.88. The second-order valence-corrected chi connectivity index (χ2v) is 16.6. The van der Waals surface area contributed by atoms with Crippen molar-refractivity contribution in [1.82, 2.24) is 9.13 Å². The summed E-state index contributed by atoms with van der Waals surface area (Å²) in [5.74, 6) is 0. The summed E-state index contributed by atoms with van der Waals surface area (Å²) >= 11 is 0. The van der Waals surface area contributed by atoms with E-state index in [0.29, 0.717) is 0 Å². The number of hydrogen-bond donors (Lipinski definition) is 0. The third-order valence-electron chi connectivity index (χ3n) is 12.9. The van der Waals surface area contributed by atoms with Gasteiger partial charge in [-0.3, -0.25) is 0 Å². The van der Waals surface area contributed by atoms with Crippen molar-refractivity contribution < 1.29 is 0 Å². The van der Waals surface area contributed by atoms with Crippen LogP contribution in [0.3, 0.4) is 0 Å². The molecule has 2 aromatic heterocycles. The van der Waals surface area contributed by atoms with Crippen molar-refractivity contribution in [2.24, 2.45) is 0 Å². The highest BCUT2D eigenvalue weighted by Crippen LogP contribution is 2.52. The van der Waals surface area contributed by atoms with Crippen molar-refractivity contribution in [3.05, 3.63) is 217 Å². The summed E-state index contributed by atoms with van der Waals surface area (Å²) in [5, 5.41) is 5.04. The molecule has 0 radical (unpaired) electrons. The summed E-state index contributed by atoms with van der Waals surface area (Å²) in [6.07, 6.45) is 0. The predicted molar refractivity (Wildman–Crippen MR) is 249 cm³/mol. The molecule has 0 bridgehead atoms. The highest BCUT2D eigenvalue weighted by Gasteiger charge is 2.37. The maximum Gasteiger partial charge on any atom is 0.0544 e. The highest BCUT2D eigenvalue weighted by molar-refractivity contribution is 6.14. The molecule has 0 N–H and O–H groups in total. The second-order valence-electron chi connectivity index (χ2n) is 16.6. The topological polar surface area (TPSA) is 9.86 Å². The van der Waals surface area contributed by atoms with Crippen LogP contribution in [-0.4, -0.2) is 9.13 Å². The first-order valence-corrected chi connectivity index (χ1v) is 20.6. The molecule has 0 saturated carbocycles. The van der Waals surface area contributed by atoms with Crippen molar-refractivity contribution >= 4 is 43.6 Å². The molecule has 0 fully saturated rings. The molecule has 0 unspecified atom stereocenters. The number of rotatable bonds is 5. The van der Waals surface area contributed by atoms with Gasteiger partial charge in [0.1, 0.15) is 0 Å². The van der Waals surface area contributed by atoms with E-state index in [4.69, 9.17) is 0 Å². The van der Waals surface area contributed by atoms with Crippen LogP contribution < -0.4 is 0 Å². The first-order valence-electron chi connectivity index (χ1n) is 20.6. The molecule has 1 aliphatic carbocycles. The lowest BCUT2D eigenvalue weighted by atomic mass is 9.81. The number of para-hydroxylation sites is 2. The van der Waals surface area contributed by atoms with Crippen LogP contribution in [0.25, 0.3) is 99.5 Å². The van der Waals surface area contributed by atoms with Crippen LogP contribution in [0.4, 0.5) is 0 Å². The molecule has 0 aliphatic heterocycles. The maximum absolute atomic E-state index is 2.49. The zero-order chi connectivity index (χ0) is 39.2. The average Bonchev–Trinajstić information content (AvgIpc) is 3.88. The number of benzene rings is 9. The van der Waals surface area contributed by atoms with Crippen LogP contribution in [0, 0.1) is 0 Å². The summed E-state index contributed by atoms with van der Waals surface area (Å²) in [5.41, 5.74) is 19.8. The zero-order valence-electron chi connectivity index (χ0n) is 33.0. The molecule has 0 atom stereocenters. The van der Waals surface area contributed by atoms with Crippen molar-refractivity contribution in [1.29, 1.82) is 0 Å². The van der Waals surface area contributed by atoms with Crippen molar-refractivity contribution in [2.45, 2.75) is 19.3 Å². The Bertz CT molecular complexity index is 3440. The zero-order valence-corrected chi connectivity index (χ0v) is 33.0. The minimum atomic E-state index is -0.170. The van der Waals surface area contributed by atoms with E-state index in [1.54, 1.807) is 0 Å². The number of aromatic nitrogens is 2. The van der Waals surface area contributed by atoms with Crippen LogP contribution in [0.2, 0.25) is 0 Å². The molecular weight excluding hydrogens is 713 g/mol. The van der Waals surface area contributed by atoms with Gasteiger partial charge in [0.25, 0.3) is 0 Å². The number of nitrogens with zero attached hydrogens (tertiary/aromatic N) is 2. The van der Waals surface area contributed by atoms with Crippen LogP contribution >= 0.6 is 0 Å². The Morgan fingerprint density at radius 1 is 0.288 bits per heavy atom. The van der Waals surface area contributed by atoms with Gasteiger partial charge in [-0.1, -0.05) is 147 Å². The molecule has 59 heavy (non-hydrogen) atoms. The van der Waals surface area contributed by atoms with E-state index in [0.717, 1.165) is 5.69 Å². The normalized spacial score (nSPS) is 13.1. The SMILES string of the molecule is CC1(C)c2cc(-c3ccccc3)ccc2-c2cc3c4cc(-c5ccc6c(c5)c5ccccc5n6-c5ccccc5)ccc4n(-c4cccc(-c5ccccc5)c4)c3cc21. The van der Waals surface area contributed by atoms with Crippen molar-refractivity contribution in [2.75, 3.05) is 0 Å². The van der Waals surface area contributed by atoms with Crippen molar-refractivity contribution in [3.63, 3.8) is 0 Å². The van der Waals surface area contributed by atoms with Gasteiger partial charge in [-0.15, -0.1) is 0 Å². The molecule has 1 aliphatic rings. The molecule has 0 saturated heterocycles. The van der Waals surface area contributed by atoms with E-state index in [2.05, 4.69) is 229 Å². The fraction of sp³-hybridized carbons (Fsp3) is 0.0526. The van der Waals surface area contributed by atoms with Gasteiger partial charge in [0.05, 0.1) is 22.1 Å². The smallest absolute Gasteiger partial charge is 0.0544 e. The molecule has 2 heteroatoms. The Hall–Kier alpha value is -7.42. The molecule has 12 rings (SSSR count). The van der Waals surface area contributed by atoms with Gasteiger partial charge < -0.3 is 9.13 Å². The van der Waals surface area contributed by atoms with Gasteiger partial charge in [-0.05, 0) is 128 Å². The monoisotopic (exact) mass is 752 g/mol. The van der Waals surface area contributed by atoms with E-state index in [1.165, 1.54) is 105 Å². The molecule has 0 amide bonds. The van der Waals surface area contributed by atoms with Crippen LogP contribution in [0.15, 0.2) is 206 Å². The lowest BCUT2D eigenvalue weighted by molar-refractivity contribution is 0.661. The third kappa shape index (κ3) is 5.13. The fourth-order valence-electron chi connectivity index (χ4n) is 9.98. The first-order chi connectivity index (χ1) is 29.0. The first kappa shape index (κ1) is 33.7. The van der Waals surface area contributed by atoms with E-state index < -0.39 is 0 Å². The van der Waals surface area contributed by atoms with Gasteiger partial charge in [-0.25, -0.2) is 0 Å². The number of fused-ring (bicyclic) bond motifs is 9. The standard InChI is InChI=1S/C57H40N2/c1-57(2)51-34-42(38-17-8-4-9-18-38)25-28-45(51)47-35-50-49-33-41(40-26-29-54-48(32-40)46-23-12-13-24-53(46)58(54)43-20-10-5-11-21-43)27-30-55(49)59(56(50)36-52(47)57)44-22-14-19-39(31-44)37-15-6-3-7-16-37/h3-36H,1-2H3. The van der Waals surface area contributed by atoms with E-state index >= 15 is 0 Å². The second kappa shape index (κ2) is 12.8. The van der Waals surface area contributed by atoms with E-state index in [9.17, 15) is 0 Å². The largest absolute Gasteiger partial charge is 0.309 e. The van der Waals surface area contributed by atoms with Crippen LogP contribution in [-0.2, 0) is 5.41 Å². The van der Waals surface area contributed by atoms with Gasteiger partial charge in [-0.2, -0.15) is 0 Å². The van der Waals surface area contributed by atoms with E-state index in [1.807, 2.05) is 0 Å². The summed E-state index contributed by atoms with van der Waals surface area (Å²) in [6.45, 7) is 4.79. The molecule has 0 spiro atoms. The maximum atomic E-state index is 2.49. The third-order valence-corrected chi connectivity index (χ3v) is 12.9. The van der Waals surface area contributed by atoms with Crippen LogP contribution in [0.5, 0.6) is 0 Å². The lowest BCUT2D eigenvalue weighted by Crippen LogP contribution is -2.15. The summed E-state index contributed by atoms with van der Waals surface area (Å²) in [6, 6.07) is 76.1. The Labute approximate surface area is 343 Å². The minimum Gasteiger partial charge on any atom is -0.309 e.